The van der Waals surface area contributed by atoms with Crippen LogP contribution in [0.25, 0.3) is 0 Å². The van der Waals surface area contributed by atoms with Gasteiger partial charge < -0.3 is 5.32 Å². The Hall–Kier alpha value is -0.0900. The molecule has 0 saturated carbocycles. The van der Waals surface area contributed by atoms with Gasteiger partial charge in [0.25, 0.3) is 0 Å². The highest BCUT2D eigenvalue weighted by Crippen LogP contribution is 2.22. The zero-order valence-corrected chi connectivity index (χ0v) is 11.0. The third-order valence-electron chi connectivity index (χ3n) is 2.61. The average molecular weight is 278 g/mol. The second-order valence-corrected chi connectivity index (χ2v) is 6.36. The van der Waals surface area contributed by atoms with Crippen molar-refractivity contribution in [3.8, 4) is 0 Å². The van der Waals surface area contributed by atoms with Crippen LogP contribution in [0.15, 0.2) is 18.2 Å². The van der Waals surface area contributed by atoms with Crippen LogP contribution in [0.1, 0.15) is 5.56 Å². The molecule has 0 spiro atoms. The first kappa shape index (κ1) is 12.4. The minimum atomic E-state index is -0.851. The largest absolute Gasteiger partial charge is 0.316 e. The van der Waals surface area contributed by atoms with E-state index in [0.717, 1.165) is 24.4 Å². The van der Waals surface area contributed by atoms with Crippen molar-refractivity contribution in [2.75, 3.05) is 18.8 Å². The molecule has 2 nitrogen and oxygen atoms in total. The van der Waals surface area contributed by atoms with Crippen LogP contribution in [0.3, 0.4) is 0 Å². The summed E-state index contributed by atoms with van der Waals surface area (Å²) in [5, 5.41) is 4.45. The fraction of sp³-hybridized carbons (Fsp3) is 0.455. The van der Waals surface area contributed by atoms with Crippen molar-refractivity contribution in [1.82, 2.24) is 5.32 Å². The van der Waals surface area contributed by atoms with Crippen molar-refractivity contribution < 1.29 is 4.21 Å². The van der Waals surface area contributed by atoms with E-state index in [0.29, 0.717) is 21.7 Å². The van der Waals surface area contributed by atoms with E-state index in [9.17, 15) is 4.21 Å². The van der Waals surface area contributed by atoms with E-state index in [1.54, 1.807) is 18.2 Å². The lowest BCUT2D eigenvalue weighted by atomic mass is 10.1. The summed E-state index contributed by atoms with van der Waals surface area (Å²) in [6.45, 7) is 1.96. The van der Waals surface area contributed by atoms with Gasteiger partial charge in [0.1, 0.15) is 0 Å². The SMILES string of the molecule is O=S(Cc1cc(Cl)ccc1Cl)CC1CNC1. The maximum absolute atomic E-state index is 11.9. The molecule has 1 N–H and O–H groups in total. The highest BCUT2D eigenvalue weighted by atomic mass is 35.5. The van der Waals surface area contributed by atoms with Crippen LogP contribution in [-0.4, -0.2) is 23.1 Å². The Bertz CT molecular complexity index is 407. The van der Waals surface area contributed by atoms with Gasteiger partial charge in [-0.2, -0.15) is 0 Å². The fourth-order valence-electron chi connectivity index (χ4n) is 1.62. The first-order valence-electron chi connectivity index (χ1n) is 5.15. The maximum atomic E-state index is 11.9. The van der Waals surface area contributed by atoms with Crippen molar-refractivity contribution in [2.45, 2.75) is 5.75 Å². The van der Waals surface area contributed by atoms with Crippen LogP contribution in [0.2, 0.25) is 10.0 Å². The number of halogens is 2. The quantitative estimate of drug-likeness (QED) is 0.916. The Labute approximate surface area is 108 Å². The highest BCUT2D eigenvalue weighted by molar-refractivity contribution is 7.84. The number of hydrogen-bond acceptors (Lipinski definition) is 2. The summed E-state index contributed by atoms with van der Waals surface area (Å²) in [6, 6.07) is 5.29. The smallest absolute Gasteiger partial charge is 0.0501 e. The van der Waals surface area contributed by atoms with Gasteiger partial charge in [-0.25, -0.2) is 0 Å². The van der Waals surface area contributed by atoms with Crippen molar-refractivity contribution >= 4 is 34.0 Å². The summed E-state index contributed by atoms with van der Waals surface area (Å²) in [6.07, 6.45) is 0. The molecule has 16 heavy (non-hydrogen) atoms. The molecule has 88 valence electrons. The van der Waals surface area contributed by atoms with E-state index < -0.39 is 10.8 Å². The minimum Gasteiger partial charge on any atom is -0.316 e. The van der Waals surface area contributed by atoms with E-state index in [4.69, 9.17) is 23.2 Å². The van der Waals surface area contributed by atoms with E-state index in [2.05, 4.69) is 5.32 Å². The van der Waals surface area contributed by atoms with Crippen molar-refractivity contribution in [3.05, 3.63) is 33.8 Å². The van der Waals surface area contributed by atoms with Crippen LogP contribution in [0, 0.1) is 5.92 Å². The molecule has 1 fully saturated rings. The van der Waals surface area contributed by atoms with Crippen LogP contribution in [0.5, 0.6) is 0 Å². The molecule has 1 heterocycles. The second-order valence-electron chi connectivity index (χ2n) is 4.01. The third-order valence-corrected chi connectivity index (χ3v) is 4.69. The lowest BCUT2D eigenvalue weighted by Crippen LogP contribution is -2.44. The van der Waals surface area contributed by atoms with Crippen LogP contribution in [-0.2, 0) is 16.6 Å². The van der Waals surface area contributed by atoms with Gasteiger partial charge in [0.2, 0.25) is 0 Å². The molecular weight excluding hydrogens is 265 g/mol. The Morgan fingerprint density at radius 2 is 2.12 bits per heavy atom. The van der Waals surface area contributed by atoms with Gasteiger partial charge in [0, 0.05) is 39.7 Å². The first-order chi connectivity index (χ1) is 7.65. The Balaban J connectivity index is 1.96. The second kappa shape index (κ2) is 5.50. The molecule has 5 heteroatoms. The zero-order chi connectivity index (χ0) is 11.5. The molecular formula is C11H13Cl2NOS. The normalized spacial score (nSPS) is 18.1. The van der Waals surface area contributed by atoms with Crippen molar-refractivity contribution in [3.63, 3.8) is 0 Å². The van der Waals surface area contributed by atoms with Crippen LogP contribution in [0.4, 0.5) is 0 Å². The molecule has 0 aromatic heterocycles. The lowest BCUT2D eigenvalue weighted by molar-refractivity contribution is 0.382. The Morgan fingerprint density at radius 3 is 2.75 bits per heavy atom. The van der Waals surface area contributed by atoms with Crippen LogP contribution >= 0.6 is 23.2 Å². The monoisotopic (exact) mass is 277 g/mol. The third kappa shape index (κ3) is 3.20. The average Bonchev–Trinajstić information content (AvgIpc) is 2.18. The molecule has 0 radical (unpaired) electrons. The predicted molar refractivity (Wildman–Crippen MR) is 69.5 cm³/mol. The summed E-state index contributed by atoms with van der Waals surface area (Å²) in [5.41, 5.74) is 0.875. The molecule has 1 aromatic carbocycles. The predicted octanol–water partition coefficient (Wildman–Crippen LogP) is 2.46. The Kier molecular flexibility index (Phi) is 4.25. The van der Waals surface area contributed by atoms with Gasteiger partial charge in [-0.3, -0.25) is 4.21 Å². The Morgan fingerprint density at radius 1 is 1.38 bits per heavy atom. The minimum absolute atomic E-state index is 0.496. The lowest BCUT2D eigenvalue weighted by Gasteiger charge is -2.26. The molecule has 2 rings (SSSR count). The van der Waals surface area contributed by atoms with E-state index in [1.165, 1.54) is 0 Å². The maximum Gasteiger partial charge on any atom is 0.0501 e. The fourth-order valence-corrected chi connectivity index (χ4v) is 3.54. The van der Waals surface area contributed by atoms with Crippen molar-refractivity contribution in [2.24, 2.45) is 5.92 Å². The summed E-state index contributed by atoms with van der Waals surface area (Å²) in [5.74, 6) is 1.80. The standard InChI is InChI=1S/C11H13Cl2NOS/c12-10-1-2-11(13)9(3-10)7-16(15)6-8-4-14-5-8/h1-3,8,14H,4-7H2. The molecule has 1 saturated heterocycles. The number of rotatable bonds is 4. The summed E-state index contributed by atoms with van der Waals surface area (Å²) in [4.78, 5) is 0. The van der Waals surface area contributed by atoms with Gasteiger partial charge in [-0.15, -0.1) is 0 Å². The number of benzene rings is 1. The highest BCUT2D eigenvalue weighted by Gasteiger charge is 2.19. The molecule has 0 bridgehead atoms. The molecule has 1 aromatic rings. The van der Waals surface area contributed by atoms with Crippen LogP contribution < -0.4 is 5.32 Å². The van der Waals surface area contributed by atoms with Gasteiger partial charge in [0.05, 0.1) is 5.75 Å². The van der Waals surface area contributed by atoms with E-state index in [1.807, 2.05) is 0 Å². The topological polar surface area (TPSA) is 29.1 Å². The molecule has 0 aliphatic carbocycles. The van der Waals surface area contributed by atoms with E-state index in [-0.39, 0.29) is 0 Å². The zero-order valence-electron chi connectivity index (χ0n) is 8.71. The van der Waals surface area contributed by atoms with Gasteiger partial charge in [-0.1, -0.05) is 23.2 Å². The molecule has 1 aliphatic rings. The molecule has 0 amide bonds. The summed E-state index contributed by atoms with van der Waals surface area (Å²) >= 11 is 11.9. The van der Waals surface area contributed by atoms with Gasteiger partial charge in [0.15, 0.2) is 0 Å². The molecule has 1 atom stereocenters. The van der Waals surface area contributed by atoms with Crippen molar-refractivity contribution in [1.29, 1.82) is 0 Å². The number of hydrogen-bond donors (Lipinski definition) is 1. The summed E-state index contributed by atoms with van der Waals surface area (Å²) < 4.78 is 11.9. The summed E-state index contributed by atoms with van der Waals surface area (Å²) in [7, 11) is -0.851. The number of nitrogens with one attached hydrogen (secondary N) is 1. The van der Waals surface area contributed by atoms with E-state index >= 15 is 0 Å². The molecule has 1 unspecified atom stereocenters. The van der Waals surface area contributed by atoms with Gasteiger partial charge >= 0.3 is 0 Å². The molecule has 1 aliphatic heterocycles. The first-order valence-corrected chi connectivity index (χ1v) is 7.39. The van der Waals surface area contributed by atoms with Gasteiger partial charge in [-0.05, 0) is 29.7 Å².